The summed E-state index contributed by atoms with van der Waals surface area (Å²) in [6.07, 6.45) is 2.81. The number of carbonyl (C=O) groups is 1. The van der Waals surface area contributed by atoms with E-state index < -0.39 is 6.67 Å². The summed E-state index contributed by atoms with van der Waals surface area (Å²) in [5.41, 5.74) is 0. The van der Waals surface area contributed by atoms with Gasteiger partial charge in [-0.15, -0.1) is 0 Å². The fourth-order valence-electron chi connectivity index (χ4n) is 0.107. The summed E-state index contributed by atoms with van der Waals surface area (Å²) in [5.74, 6) is 0. The molecule has 0 aliphatic heterocycles. The Morgan fingerprint density at radius 2 is 2.33 bits per heavy atom. The molecule has 0 aliphatic rings. The fraction of sp³-hybridized carbons (Fsp3) is 0.250. The smallest absolute Gasteiger partial charge is 0.142 e. The Bertz CT molecular complexity index is 58.6. The summed E-state index contributed by atoms with van der Waals surface area (Å²) in [5, 5.41) is 0. The second-order valence-electron chi connectivity index (χ2n) is 0.719. The molecular formula is C4H5FO. The monoisotopic (exact) mass is 88.0 g/mol. The van der Waals surface area contributed by atoms with Gasteiger partial charge in [-0.25, -0.2) is 4.39 Å². The maximum absolute atomic E-state index is 10.9. The van der Waals surface area contributed by atoms with Crippen LogP contribution in [0, 0.1) is 0 Å². The molecular weight excluding hydrogens is 83.0 g/mol. The SMILES string of the molecule is O=CC=CCF. The van der Waals surface area contributed by atoms with Crippen molar-refractivity contribution in [1.29, 1.82) is 0 Å². The van der Waals surface area contributed by atoms with Crippen molar-refractivity contribution in [1.82, 2.24) is 0 Å². The van der Waals surface area contributed by atoms with E-state index in [9.17, 15) is 9.18 Å². The van der Waals surface area contributed by atoms with Crippen LogP contribution in [0.2, 0.25) is 0 Å². The first-order valence-electron chi connectivity index (χ1n) is 1.58. The van der Waals surface area contributed by atoms with Gasteiger partial charge in [0.25, 0.3) is 0 Å². The lowest BCUT2D eigenvalue weighted by Gasteiger charge is -1.62. The van der Waals surface area contributed by atoms with Crippen LogP contribution in [0.4, 0.5) is 4.39 Å². The molecule has 0 fully saturated rings. The van der Waals surface area contributed by atoms with Gasteiger partial charge in [0.05, 0.1) is 0 Å². The summed E-state index contributed by atoms with van der Waals surface area (Å²) >= 11 is 0. The van der Waals surface area contributed by atoms with Gasteiger partial charge in [0.2, 0.25) is 0 Å². The van der Waals surface area contributed by atoms with E-state index in [-0.39, 0.29) is 0 Å². The largest absolute Gasteiger partial charge is 0.299 e. The normalized spacial score (nSPS) is 9.50. The topological polar surface area (TPSA) is 17.1 Å². The Balaban J connectivity index is 2.94. The average Bonchev–Trinajstić information content (AvgIpc) is 1.61. The van der Waals surface area contributed by atoms with E-state index in [1.165, 1.54) is 0 Å². The molecule has 0 aromatic carbocycles. The van der Waals surface area contributed by atoms with E-state index in [2.05, 4.69) is 0 Å². The third-order valence-electron chi connectivity index (χ3n) is 0.304. The molecule has 0 N–H and O–H groups in total. The molecule has 0 aromatic rings. The molecule has 0 spiro atoms. The first-order valence-corrected chi connectivity index (χ1v) is 1.58. The molecule has 2 heteroatoms. The van der Waals surface area contributed by atoms with Gasteiger partial charge in [-0.05, 0) is 6.08 Å². The van der Waals surface area contributed by atoms with Crippen molar-refractivity contribution in [3.05, 3.63) is 12.2 Å². The van der Waals surface area contributed by atoms with E-state index in [0.717, 1.165) is 12.2 Å². The standard InChI is InChI=1S/C4H5FO/c5-3-1-2-4-6/h1-2,4H,3H2. The first kappa shape index (κ1) is 5.34. The lowest BCUT2D eigenvalue weighted by molar-refractivity contribution is -0.104. The summed E-state index contributed by atoms with van der Waals surface area (Å²) in [6, 6.07) is 0. The summed E-state index contributed by atoms with van der Waals surface area (Å²) in [7, 11) is 0. The summed E-state index contributed by atoms with van der Waals surface area (Å²) in [6.45, 7) is -0.557. The van der Waals surface area contributed by atoms with Gasteiger partial charge in [0.1, 0.15) is 13.0 Å². The Kier molecular flexibility index (Phi) is 3.86. The van der Waals surface area contributed by atoms with Crippen molar-refractivity contribution in [2.75, 3.05) is 6.67 Å². The average molecular weight is 88.1 g/mol. The Labute approximate surface area is 35.5 Å². The van der Waals surface area contributed by atoms with Crippen molar-refractivity contribution < 1.29 is 9.18 Å². The van der Waals surface area contributed by atoms with Crippen LogP contribution in [0.5, 0.6) is 0 Å². The van der Waals surface area contributed by atoms with Gasteiger partial charge < -0.3 is 0 Å². The molecule has 34 valence electrons. The fourth-order valence-corrected chi connectivity index (χ4v) is 0.107. The van der Waals surface area contributed by atoms with Crippen molar-refractivity contribution in [2.24, 2.45) is 0 Å². The van der Waals surface area contributed by atoms with Crippen LogP contribution in [-0.2, 0) is 4.79 Å². The molecule has 0 amide bonds. The zero-order valence-corrected chi connectivity index (χ0v) is 3.23. The zero-order valence-electron chi connectivity index (χ0n) is 3.23. The maximum Gasteiger partial charge on any atom is 0.142 e. The number of carbonyl (C=O) groups excluding carboxylic acids is 1. The predicted molar refractivity (Wildman–Crippen MR) is 21.2 cm³/mol. The number of halogens is 1. The van der Waals surface area contributed by atoms with E-state index in [1.807, 2.05) is 0 Å². The highest BCUT2D eigenvalue weighted by Crippen LogP contribution is 1.66. The number of alkyl halides is 1. The van der Waals surface area contributed by atoms with E-state index >= 15 is 0 Å². The minimum absolute atomic E-state index is 0.541. The van der Waals surface area contributed by atoms with Crippen LogP contribution in [0.15, 0.2) is 12.2 Å². The number of rotatable bonds is 2. The van der Waals surface area contributed by atoms with Crippen LogP contribution in [0.3, 0.4) is 0 Å². The Morgan fingerprint density at radius 1 is 1.67 bits per heavy atom. The first-order chi connectivity index (χ1) is 2.91. The minimum Gasteiger partial charge on any atom is -0.299 e. The van der Waals surface area contributed by atoms with Crippen LogP contribution >= 0.6 is 0 Å². The maximum atomic E-state index is 10.9. The van der Waals surface area contributed by atoms with E-state index in [4.69, 9.17) is 0 Å². The lowest BCUT2D eigenvalue weighted by atomic mass is 10.6. The number of allylic oxidation sites excluding steroid dienone is 2. The van der Waals surface area contributed by atoms with Gasteiger partial charge in [-0.2, -0.15) is 0 Å². The highest BCUT2D eigenvalue weighted by Gasteiger charge is 1.61. The second kappa shape index (κ2) is 4.34. The van der Waals surface area contributed by atoms with Gasteiger partial charge in [-0.3, -0.25) is 4.79 Å². The molecule has 0 aromatic heterocycles. The molecule has 0 radical (unpaired) electrons. The quantitative estimate of drug-likeness (QED) is 0.359. The molecule has 0 unspecified atom stereocenters. The number of hydrogen-bond donors (Lipinski definition) is 0. The predicted octanol–water partition coefficient (Wildman–Crippen LogP) is 0.711. The molecule has 0 rings (SSSR count). The van der Waals surface area contributed by atoms with Crippen LogP contribution < -0.4 is 0 Å². The van der Waals surface area contributed by atoms with E-state index in [1.54, 1.807) is 0 Å². The van der Waals surface area contributed by atoms with Gasteiger partial charge in [-0.1, -0.05) is 6.08 Å². The van der Waals surface area contributed by atoms with E-state index in [0.29, 0.717) is 6.29 Å². The lowest BCUT2D eigenvalue weighted by Crippen LogP contribution is -1.61. The molecule has 0 heterocycles. The van der Waals surface area contributed by atoms with Crippen LogP contribution in [-0.4, -0.2) is 13.0 Å². The van der Waals surface area contributed by atoms with Crippen molar-refractivity contribution in [2.45, 2.75) is 0 Å². The molecule has 0 aliphatic carbocycles. The molecule has 6 heavy (non-hydrogen) atoms. The van der Waals surface area contributed by atoms with Crippen LogP contribution in [0.1, 0.15) is 0 Å². The highest BCUT2D eigenvalue weighted by molar-refractivity contribution is 5.64. The zero-order chi connectivity index (χ0) is 4.83. The molecule has 0 bridgehead atoms. The Morgan fingerprint density at radius 3 is 2.50 bits per heavy atom. The van der Waals surface area contributed by atoms with Crippen molar-refractivity contribution in [3.63, 3.8) is 0 Å². The van der Waals surface area contributed by atoms with Crippen LogP contribution in [0.25, 0.3) is 0 Å². The third-order valence-corrected chi connectivity index (χ3v) is 0.304. The Hall–Kier alpha value is -0.660. The molecule has 0 saturated carbocycles. The van der Waals surface area contributed by atoms with Crippen molar-refractivity contribution in [3.8, 4) is 0 Å². The summed E-state index contributed by atoms with van der Waals surface area (Å²) < 4.78 is 10.9. The number of hydrogen-bond acceptors (Lipinski definition) is 1. The van der Waals surface area contributed by atoms with Gasteiger partial charge in [0, 0.05) is 0 Å². The molecule has 0 saturated heterocycles. The third kappa shape index (κ3) is 3.34. The highest BCUT2D eigenvalue weighted by atomic mass is 19.1. The van der Waals surface area contributed by atoms with Gasteiger partial charge >= 0.3 is 0 Å². The van der Waals surface area contributed by atoms with Crippen molar-refractivity contribution >= 4 is 6.29 Å². The molecule has 0 atom stereocenters. The summed E-state index contributed by atoms with van der Waals surface area (Å²) in [4.78, 5) is 9.31. The minimum atomic E-state index is -0.557. The number of aldehydes is 1. The van der Waals surface area contributed by atoms with Gasteiger partial charge in [0.15, 0.2) is 0 Å². The molecule has 1 nitrogen and oxygen atoms in total. The second-order valence-corrected chi connectivity index (χ2v) is 0.719.